The summed E-state index contributed by atoms with van der Waals surface area (Å²) in [6, 6.07) is 4.99. The Balaban J connectivity index is 2.19. The first-order chi connectivity index (χ1) is 10.3. The smallest absolute Gasteiger partial charge is 0.406 e. The molecular formula is C11H10F3N5O2S. The number of benzene rings is 1. The third kappa shape index (κ3) is 4.10. The molecule has 7 nitrogen and oxygen atoms in total. The van der Waals surface area contributed by atoms with Crippen molar-refractivity contribution in [2.24, 2.45) is 5.73 Å². The summed E-state index contributed by atoms with van der Waals surface area (Å²) in [4.78, 5) is 11.1. The molecule has 0 saturated carbocycles. The zero-order valence-corrected chi connectivity index (χ0v) is 11.9. The summed E-state index contributed by atoms with van der Waals surface area (Å²) in [5.41, 5.74) is 5.57. The molecule has 22 heavy (non-hydrogen) atoms. The van der Waals surface area contributed by atoms with Crippen LogP contribution in [0.2, 0.25) is 0 Å². The Hall–Kier alpha value is -2.30. The molecule has 0 aliphatic heterocycles. The number of thioether (sulfide) groups is 1. The first-order valence-electron chi connectivity index (χ1n) is 5.87. The van der Waals surface area contributed by atoms with E-state index in [9.17, 15) is 18.0 Å². The highest BCUT2D eigenvalue weighted by molar-refractivity contribution is 8.00. The average molecular weight is 333 g/mol. The summed E-state index contributed by atoms with van der Waals surface area (Å²) in [6.07, 6.45) is -4.76. The Labute approximate surface area is 126 Å². The molecule has 0 bridgehead atoms. The number of carbonyl (C=O) groups is 1. The van der Waals surface area contributed by atoms with Crippen LogP contribution in [-0.4, -0.2) is 37.7 Å². The predicted molar refractivity (Wildman–Crippen MR) is 70.4 cm³/mol. The third-order valence-electron chi connectivity index (χ3n) is 2.44. The minimum absolute atomic E-state index is 0.288. The van der Waals surface area contributed by atoms with Crippen molar-refractivity contribution < 1.29 is 22.7 Å². The number of aromatic nitrogens is 4. The maximum absolute atomic E-state index is 12.1. The van der Waals surface area contributed by atoms with E-state index >= 15 is 0 Å². The number of hydrogen-bond donors (Lipinski definition) is 1. The summed E-state index contributed by atoms with van der Waals surface area (Å²) in [5, 5.41) is 10.7. The van der Waals surface area contributed by atoms with Gasteiger partial charge in [-0.2, -0.15) is 4.68 Å². The first-order valence-corrected chi connectivity index (χ1v) is 6.75. The first kappa shape index (κ1) is 16.1. The van der Waals surface area contributed by atoms with Crippen LogP contribution in [0, 0.1) is 0 Å². The highest BCUT2D eigenvalue weighted by atomic mass is 32.2. The van der Waals surface area contributed by atoms with Crippen LogP contribution >= 0.6 is 11.8 Å². The number of primary amides is 1. The summed E-state index contributed by atoms with van der Waals surface area (Å²) in [6.45, 7) is 1.59. The van der Waals surface area contributed by atoms with Crippen LogP contribution in [0.4, 0.5) is 13.2 Å². The molecule has 1 amide bonds. The minimum Gasteiger partial charge on any atom is -0.406 e. The fourth-order valence-corrected chi connectivity index (χ4v) is 2.18. The fourth-order valence-electron chi connectivity index (χ4n) is 1.42. The molecule has 0 unspecified atom stereocenters. The fraction of sp³-hybridized carbons (Fsp3) is 0.273. The molecule has 0 aliphatic carbocycles. The lowest BCUT2D eigenvalue weighted by Crippen LogP contribution is -2.23. The second-order valence-electron chi connectivity index (χ2n) is 4.08. The van der Waals surface area contributed by atoms with E-state index in [1.165, 1.54) is 16.8 Å². The number of carbonyl (C=O) groups excluding carboxylic acids is 1. The van der Waals surface area contributed by atoms with E-state index in [0.717, 1.165) is 23.9 Å². The largest absolute Gasteiger partial charge is 0.573 e. The number of amides is 1. The molecule has 0 fully saturated rings. The van der Waals surface area contributed by atoms with Gasteiger partial charge in [0, 0.05) is 0 Å². The molecule has 0 spiro atoms. The van der Waals surface area contributed by atoms with E-state index < -0.39 is 17.5 Å². The number of nitrogens with two attached hydrogens (primary N) is 1. The Morgan fingerprint density at radius 2 is 2.00 bits per heavy atom. The third-order valence-corrected chi connectivity index (χ3v) is 3.49. The predicted octanol–water partition coefficient (Wildman–Crippen LogP) is 1.53. The van der Waals surface area contributed by atoms with Crippen LogP contribution < -0.4 is 10.5 Å². The van der Waals surface area contributed by atoms with Crippen LogP contribution in [0.3, 0.4) is 0 Å². The van der Waals surface area contributed by atoms with E-state index in [-0.39, 0.29) is 10.9 Å². The lowest BCUT2D eigenvalue weighted by Gasteiger charge is -2.10. The van der Waals surface area contributed by atoms with Gasteiger partial charge >= 0.3 is 6.36 Å². The van der Waals surface area contributed by atoms with Crippen molar-refractivity contribution in [2.45, 2.75) is 23.7 Å². The monoisotopic (exact) mass is 333 g/mol. The van der Waals surface area contributed by atoms with E-state index in [4.69, 9.17) is 5.73 Å². The van der Waals surface area contributed by atoms with Gasteiger partial charge in [0.25, 0.3) is 0 Å². The number of nitrogens with zero attached hydrogens (tertiary/aromatic N) is 4. The molecule has 2 rings (SSSR count). The summed E-state index contributed by atoms with van der Waals surface area (Å²) >= 11 is 1.04. The summed E-state index contributed by atoms with van der Waals surface area (Å²) in [5.74, 6) is -0.891. The molecule has 1 aromatic heterocycles. The lowest BCUT2D eigenvalue weighted by molar-refractivity contribution is -0.274. The van der Waals surface area contributed by atoms with Crippen molar-refractivity contribution >= 4 is 17.7 Å². The highest BCUT2D eigenvalue weighted by Crippen LogP contribution is 2.26. The SMILES string of the molecule is C[C@H](Sc1nnnn1-c1ccc(OC(F)(F)F)cc1)C(N)=O. The Morgan fingerprint density at radius 3 is 2.55 bits per heavy atom. The van der Waals surface area contributed by atoms with Gasteiger partial charge in [0.1, 0.15) is 5.75 Å². The molecule has 1 atom stereocenters. The van der Waals surface area contributed by atoms with E-state index in [2.05, 4.69) is 20.3 Å². The van der Waals surface area contributed by atoms with Crippen LogP contribution in [0.15, 0.2) is 29.4 Å². The second kappa shape index (κ2) is 6.22. The van der Waals surface area contributed by atoms with Crippen LogP contribution in [0.5, 0.6) is 5.75 Å². The molecule has 0 aliphatic rings. The quantitative estimate of drug-likeness (QED) is 0.834. The highest BCUT2D eigenvalue weighted by Gasteiger charge is 2.31. The lowest BCUT2D eigenvalue weighted by atomic mass is 10.3. The number of alkyl halides is 3. The maximum Gasteiger partial charge on any atom is 0.573 e. The van der Waals surface area contributed by atoms with Gasteiger partial charge in [-0.05, 0) is 41.6 Å². The van der Waals surface area contributed by atoms with Gasteiger partial charge in [0.15, 0.2) is 0 Å². The van der Waals surface area contributed by atoms with Gasteiger partial charge in [0.05, 0.1) is 10.9 Å². The second-order valence-corrected chi connectivity index (χ2v) is 5.39. The Morgan fingerprint density at radius 1 is 1.36 bits per heavy atom. The van der Waals surface area contributed by atoms with E-state index in [1.807, 2.05) is 0 Å². The minimum atomic E-state index is -4.76. The van der Waals surface area contributed by atoms with Gasteiger partial charge in [-0.1, -0.05) is 11.8 Å². The number of rotatable bonds is 5. The normalized spacial score (nSPS) is 12.9. The van der Waals surface area contributed by atoms with E-state index in [0.29, 0.717) is 5.69 Å². The van der Waals surface area contributed by atoms with Gasteiger partial charge in [0.2, 0.25) is 11.1 Å². The zero-order valence-electron chi connectivity index (χ0n) is 11.1. The van der Waals surface area contributed by atoms with Crippen LogP contribution in [0.25, 0.3) is 5.69 Å². The topological polar surface area (TPSA) is 95.9 Å². The molecule has 11 heteroatoms. The summed E-state index contributed by atoms with van der Waals surface area (Å²) in [7, 11) is 0. The van der Waals surface area contributed by atoms with Crippen molar-refractivity contribution in [3.05, 3.63) is 24.3 Å². The van der Waals surface area contributed by atoms with Crippen molar-refractivity contribution in [2.75, 3.05) is 0 Å². The van der Waals surface area contributed by atoms with Crippen molar-refractivity contribution in [1.82, 2.24) is 20.2 Å². The van der Waals surface area contributed by atoms with Gasteiger partial charge in [-0.3, -0.25) is 4.79 Å². The van der Waals surface area contributed by atoms with Crippen molar-refractivity contribution in [3.8, 4) is 11.4 Å². The average Bonchev–Trinajstić information content (AvgIpc) is 2.85. The van der Waals surface area contributed by atoms with Gasteiger partial charge in [-0.25, -0.2) is 0 Å². The Bertz CT molecular complexity index is 658. The van der Waals surface area contributed by atoms with Crippen LogP contribution in [0.1, 0.15) is 6.92 Å². The number of ether oxygens (including phenoxy) is 1. The molecule has 0 radical (unpaired) electrons. The zero-order chi connectivity index (χ0) is 16.3. The number of tetrazole rings is 1. The van der Waals surface area contributed by atoms with Gasteiger partial charge < -0.3 is 10.5 Å². The van der Waals surface area contributed by atoms with Crippen LogP contribution in [-0.2, 0) is 4.79 Å². The molecular weight excluding hydrogens is 323 g/mol. The van der Waals surface area contributed by atoms with E-state index in [1.54, 1.807) is 6.92 Å². The van der Waals surface area contributed by atoms with Gasteiger partial charge in [-0.15, -0.1) is 18.3 Å². The number of halogens is 3. The molecule has 118 valence electrons. The van der Waals surface area contributed by atoms with Crippen molar-refractivity contribution in [1.29, 1.82) is 0 Å². The maximum atomic E-state index is 12.1. The van der Waals surface area contributed by atoms with Crippen molar-refractivity contribution in [3.63, 3.8) is 0 Å². The molecule has 2 aromatic rings. The number of hydrogen-bond acceptors (Lipinski definition) is 6. The molecule has 1 heterocycles. The summed E-state index contributed by atoms with van der Waals surface area (Å²) < 4.78 is 41.3. The molecule has 1 aromatic carbocycles. The standard InChI is InChI=1S/C11H10F3N5O2S/c1-6(9(15)20)22-10-16-17-18-19(10)7-2-4-8(5-3-7)21-11(12,13)14/h2-6H,1H3,(H2,15,20)/t6-/m0/s1. The Kier molecular flexibility index (Phi) is 4.54. The molecule has 0 saturated heterocycles. The molecule has 2 N–H and O–H groups in total.